The number of aryl methyl sites for hydroxylation is 1. The molecule has 9 heteroatoms. The topological polar surface area (TPSA) is 73.9 Å². The van der Waals surface area contributed by atoms with Gasteiger partial charge in [-0.3, -0.25) is 0 Å². The minimum absolute atomic E-state index is 0.0165. The zero-order chi connectivity index (χ0) is 25.3. The molecule has 184 valence electrons. The van der Waals surface area contributed by atoms with E-state index in [9.17, 15) is 22.8 Å². The van der Waals surface area contributed by atoms with Crippen LogP contribution in [0.4, 0.5) is 18.0 Å². The van der Waals surface area contributed by atoms with Gasteiger partial charge in [0.25, 0.3) is 0 Å². The molecule has 3 rings (SSSR count). The predicted molar refractivity (Wildman–Crippen MR) is 121 cm³/mol. The Balaban J connectivity index is 1.65. The molecule has 0 radical (unpaired) electrons. The van der Waals surface area contributed by atoms with Gasteiger partial charge in [-0.15, -0.1) is 0 Å². The van der Waals surface area contributed by atoms with Gasteiger partial charge in [-0.25, -0.2) is 9.59 Å². The smallest absolute Gasteiger partial charge is 0.416 e. The SMILES string of the molecule is Cc1cc(C(F)(F)F)ccc1OC[C@H](NC(=O)OCc1ccccc1)C(=O)OCc1ccccc1. The summed E-state index contributed by atoms with van der Waals surface area (Å²) in [5, 5.41) is 2.41. The van der Waals surface area contributed by atoms with Crippen LogP contribution in [-0.2, 0) is 33.7 Å². The van der Waals surface area contributed by atoms with Gasteiger partial charge in [0.1, 0.15) is 25.6 Å². The van der Waals surface area contributed by atoms with Gasteiger partial charge in [0.2, 0.25) is 0 Å². The van der Waals surface area contributed by atoms with E-state index in [2.05, 4.69) is 5.32 Å². The van der Waals surface area contributed by atoms with Crippen LogP contribution in [0.5, 0.6) is 5.75 Å². The first-order chi connectivity index (χ1) is 16.7. The Hall–Kier alpha value is -4.01. The lowest BCUT2D eigenvalue weighted by atomic mass is 10.1. The van der Waals surface area contributed by atoms with E-state index in [-0.39, 0.29) is 31.1 Å². The van der Waals surface area contributed by atoms with Gasteiger partial charge in [-0.05, 0) is 41.8 Å². The molecule has 1 N–H and O–H groups in total. The summed E-state index contributed by atoms with van der Waals surface area (Å²) < 4.78 is 54.8. The molecule has 6 nitrogen and oxygen atoms in total. The van der Waals surface area contributed by atoms with E-state index in [1.807, 2.05) is 12.1 Å². The number of amides is 1. The summed E-state index contributed by atoms with van der Waals surface area (Å²) in [5.74, 6) is -0.645. The number of halogens is 3. The van der Waals surface area contributed by atoms with E-state index in [0.29, 0.717) is 0 Å². The summed E-state index contributed by atoms with van der Waals surface area (Å²) in [7, 11) is 0. The molecule has 0 aliphatic rings. The van der Waals surface area contributed by atoms with Gasteiger partial charge in [0, 0.05) is 0 Å². The van der Waals surface area contributed by atoms with Crippen molar-refractivity contribution in [2.75, 3.05) is 6.61 Å². The van der Waals surface area contributed by atoms with Crippen molar-refractivity contribution in [2.45, 2.75) is 32.4 Å². The van der Waals surface area contributed by atoms with Crippen molar-refractivity contribution in [3.63, 3.8) is 0 Å². The van der Waals surface area contributed by atoms with Crippen molar-refractivity contribution in [3.8, 4) is 5.75 Å². The molecule has 0 aliphatic heterocycles. The van der Waals surface area contributed by atoms with Crippen molar-refractivity contribution >= 4 is 12.1 Å². The molecule has 0 aliphatic carbocycles. The van der Waals surface area contributed by atoms with E-state index < -0.39 is 29.8 Å². The highest BCUT2D eigenvalue weighted by molar-refractivity contribution is 5.81. The Morgan fingerprint density at radius 3 is 1.97 bits per heavy atom. The minimum atomic E-state index is -4.49. The highest BCUT2D eigenvalue weighted by atomic mass is 19.4. The second kappa shape index (κ2) is 11.9. The molecule has 0 saturated heterocycles. The predicted octanol–water partition coefficient (Wildman–Crippen LogP) is 5.43. The fourth-order valence-electron chi connectivity index (χ4n) is 3.07. The van der Waals surface area contributed by atoms with Crippen molar-refractivity contribution < 1.29 is 37.0 Å². The van der Waals surface area contributed by atoms with Gasteiger partial charge in [-0.1, -0.05) is 60.7 Å². The Morgan fingerprint density at radius 2 is 1.43 bits per heavy atom. The molecule has 0 spiro atoms. The maximum absolute atomic E-state index is 12.9. The second-order valence-electron chi connectivity index (χ2n) is 7.64. The van der Waals surface area contributed by atoms with Crippen molar-refractivity contribution in [3.05, 3.63) is 101 Å². The molecule has 0 fully saturated rings. The van der Waals surface area contributed by atoms with Crippen LogP contribution in [0.25, 0.3) is 0 Å². The molecular weight excluding hydrogens is 463 g/mol. The summed E-state index contributed by atoms with van der Waals surface area (Å²) in [5.41, 5.74) is 0.903. The Labute approximate surface area is 200 Å². The Kier molecular flexibility index (Phi) is 8.72. The lowest BCUT2D eigenvalue weighted by Crippen LogP contribution is -2.46. The fraction of sp³-hybridized carbons (Fsp3) is 0.231. The first-order valence-corrected chi connectivity index (χ1v) is 10.7. The van der Waals surface area contributed by atoms with Gasteiger partial charge in [-0.2, -0.15) is 13.2 Å². The summed E-state index contributed by atoms with van der Waals surface area (Å²) in [6, 6.07) is 19.6. The van der Waals surface area contributed by atoms with Crippen LogP contribution in [0.3, 0.4) is 0 Å². The average molecular weight is 487 g/mol. The van der Waals surface area contributed by atoms with Crippen LogP contribution in [0.15, 0.2) is 78.9 Å². The lowest BCUT2D eigenvalue weighted by Gasteiger charge is -2.19. The number of alkyl halides is 3. The molecule has 0 unspecified atom stereocenters. The monoisotopic (exact) mass is 487 g/mol. The molecule has 0 aromatic heterocycles. The van der Waals surface area contributed by atoms with Crippen LogP contribution in [-0.4, -0.2) is 24.7 Å². The third-order valence-corrected chi connectivity index (χ3v) is 4.92. The van der Waals surface area contributed by atoms with Crippen LogP contribution < -0.4 is 10.1 Å². The summed E-state index contributed by atoms with van der Waals surface area (Å²) in [4.78, 5) is 25.0. The molecule has 0 heterocycles. The molecule has 3 aromatic carbocycles. The van der Waals surface area contributed by atoms with Gasteiger partial charge in [0.15, 0.2) is 6.04 Å². The summed E-state index contributed by atoms with van der Waals surface area (Å²) >= 11 is 0. The third kappa shape index (κ3) is 8.06. The number of benzene rings is 3. The normalized spacial score (nSPS) is 11.9. The number of carbonyl (C=O) groups excluding carboxylic acids is 2. The highest BCUT2D eigenvalue weighted by Gasteiger charge is 2.31. The summed E-state index contributed by atoms with van der Waals surface area (Å²) in [6.45, 7) is 1.03. The molecule has 35 heavy (non-hydrogen) atoms. The number of esters is 1. The maximum atomic E-state index is 12.9. The van der Waals surface area contributed by atoms with Crippen molar-refractivity contribution in [1.82, 2.24) is 5.32 Å². The van der Waals surface area contributed by atoms with E-state index in [4.69, 9.17) is 14.2 Å². The molecule has 0 bridgehead atoms. The lowest BCUT2D eigenvalue weighted by molar-refractivity contribution is -0.148. The van der Waals surface area contributed by atoms with Gasteiger partial charge < -0.3 is 19.5 Å². The molecule has 0 saturated carbocycles. The first kappa shape index (κ1) is 25.6. The first-order valence-electron chi connectivity index (χ1n) is 10.7. The van der Waals surface area contributed by atoms with Crippen LogP contribution in [0, 0.1) is 6.92 Å². The number of ether oxygens (including phenoxy) is 3. The Morgan fingerprint density at radius 1 is 0.857 bits per heavy atom. The second-order valence-corrected chi connectivity index (χ2v) is 7.64. The zero-order valence-electron chi connectivity index (χ0n) is 18.9. The molecule has 1 amide bonds. The zero-order valence-corrected chi connectivity index (χ0v) is 18.9. The largest absolute Gasteiger partial charge is 0.491 e. The van der Waals surface area contributed by atoms with E-state index >= 15 is 0 Å². The van der Waals surface area contributed by atoms with Crippen molar-refractivity contribution in [2.24, 2.45) is 0 Å². The average Bonchev–Trinajstić information content (AvgIpc) is 2.85. The minimum Gasteiger partial charge on any atom is -0.491 e. The maximum Gasteiger partial charge on any atom is 0.416 e. The molecule has 3 aromatic rings. The number of carbonyl (C=O) groups is 2. The van der Waals surface area contributed by atoms with Gasteiger partial charge in [0.05, 0.1) is 5.56 Å². The Bertz CT molecular complexity index is 1120. The number of rotatable bonds is 9. The van der Waals surface area contributed by atoms with E-state index in [1.165, 1.54) is 6.92 Å². The number of hydrogen-bond acceptors (Lipinski definition) is 5. The van der Waals surface area contributed by atoms with E-state index in [0.717, 1.165) is 29.3 Å². The quantitative estimate of drug-likeness (QED) is 0.408. The molecule has 1 atom stereocenters. The van der Waals surface area contributed by atoms with E-state index in [1.54, 1.807) is 48.5 Å². The molecular formula is C26H24F3NO5. The van der Waals surface area contributed by atoms with Crippen LogP contribution >= 0.6 is 0 Å². The van der Waals surface area contributed by atoms with Crippen molar-refractivity contribution in [1.29, 1.82) is 0 Å². The van der Waals surface area contributed by atoms with Crippen LogP contribution in [0.1, 0.15) is 22.3 Å². The number of hydrogen-bond donors (Lipinski definition) is 1. The standard InChI is InChI=1S/C26H24F3NO5/c1-18-14-21(26(27,28)29)12-13-23(18)33-17-22(24(31)34-15-19-8-4-2-5-9-19)30-25(32)35-16-20-10-6-3-7-11-20/h2-14,22H,15-17H2,1H3,(H,30,32)/t22-/m0/s1. The van der Waals surface area contributed by atoms with Gasteiger partial charge >= 0.3 is 18.2 Å². The van der Waals surface area contributed by atoms with Crippen LogP contribution in [0.2, 0.25) is 0 Å². The summed E-state index contributed by atoms with van der Waals surface area (Å²) in [6.07, 6.45) is -5.36. The highest BCUT2D eigenvalue weighted by Crippen LogP contribution is 2.32. The fourth-order valence-corrected chi connectivity index (χ4v) is 3.07. The third-order valence-electron chi connectivity index (χ3n) is 4.92. The number of alkyl carbamates (subject to hydrolysis) is 1. The number of nitrogens with one attached hydrogen (secondary N) is 1.